The molecule has 4 rings (SSSR count). The van der Waals surface area contributed by atoms with Crippen LogP contribution < -0.4 is 0 Å². The van der Waals surface area contributed by atoms with Gasteiger partial charge in [-0.15, -0.1) is 0 Å². The minimum Gasteiger partial charge on any atom is -0.341 e. The molecule has 3 nitrogen and oxygen atoms in total. The lowest BCUT2D eigenvalue weighted by Crippen LogP contribution is -2.44. The zero-order chi connectivity index (χ0) is 16.8. The average Bonchev–Trinajstić information content (AvgIpc) is 3.26. The summed E-state index contributed by atoms with van der Waals surface area (Å²) in [5.41, 5.74) is 1.11. The molecule has 2 heterocycles. The first-order chi connectivity index (χ1) is 11.5. The number of nitrogens with zero attached hydrogens (tertiary/aromatic N) is 2. The topological polar surface area (TPSA) is 23.6 Å². The molecule has 2 saturated heterocycles. The fraction of sp³-hybridized carbons (Fsp3) is 0.650. The van der Waals surface area contributed by atoms with Crippen molar-refractivity contribution in [3.05, 3.63) is 35.6 Å². The quantitative estimate of drug-likeness (QED) is 0.848. The first-order valence-electron chi connectivity index (χ1n) is 9.36. The molecule has 0 N–H and O–H groups in total. The minimum absolute atomic E-state index is 0.111. The van der Waals surface area contributed by atoms with Crippen molar-refractivity contribution in [2.45, 2.75) is 63.6 Å². The van der Waals surface area contributed by atoms with Crippen molar-refractivity contribution in [3.63, 3.8) is 0 Å². The zero-order valence-electron chi connectivity index (χ0n) is 14.6. The van der Waals surface area contributed by atoms with E-state index in [2.05, 4.69) is 23.6 Å². The highest BCUT2D eigenvalue weighted by atomic mass is 19.1. The Labute approximate surface area is 143 Å². The van der Waals surface area contributed by atoms with Crippen LogP contribution in [0.25, 0.3) is 0 Å². The average molecular weight is 330 g/mol. The highest BCUT2D eigenvalue weighted by Crippen LogP contribution is 2.49. The molecular formula is C20H27FN2O. The first-order valence-corrected chi connectivity index (χ1v) is 9.36. The molecule has 4 heteroatoms. The molecule has 1 aromatic carbocycles. The maximum atomic E-state index is 13.1. The van der Waals surface area contributed by atoms with Gasteiger partial charge in [-0.3, -0.25) is 9.69 Å². The molecule has 2 bridgehead atoms. The summed E-state index contributed by atoms with van der Waals surface area (Å²) in [5, 5.41) is 0. The predicted octanol–water partition coefficient (Wildman–Crippen LogP) is 3.40. The van der Waals surface area contributed by atoms with Crippen LogP contribution in [-0.4, -0.2) is 46.9 Å². The largest absolute Gasteiger partial charge is 0.341 e. The van der Waals surface area contributed by atoms with Crippen LogP contribution in [-0.2, 0) is 4.79 Å². The van der Waals surface area contributed by atoms with E-state index in [9.17, 15) is 9.18 Å². The van der Waals surface area contributed by atoms with Crippen LogP contribution in [0.4, 0.5) is 4.39 Å². The molecule has 0 aromatic heterocycles. The number of rotatable bonds is 3. The van der Waals surface area contributed by atoms with E-state index < -0.39 is 0 Å². The van der Waals surface area contributed by atoms with Gasteiger partial charge < -0.3 is 4.90 Å². The normalized spacial score (nSPS) is 32.9. The lowest BCUT2D eigenvalue weighted by atomic mass is 10.1. The fourth-order valence-electron chi connectivity index (χ4n) is 4.93. The van der Waals surface area contributed by atoms with Crippen LogP contribution in [0.15, 0.2) is 24.3 Å². The molecule has 3 fully saturated rings. The third-order valence-electron chi connectivity index (χ3n) is 6.15. The van der Waals surface area contributed by atoms with E-state index in [-0.39, 0.29) is 11.7 Å². The van der Waals surface area contributed by atoms with Crippen LogP contribution in [0.1, 0.15) is 51.0 Å². The highest BCUT2D eigenvalue weighted by molar-refractivity contribution is 5.83. The Hall–Kier alpha value is -1.42. The molecule has 1 aromatic rings. The number of hydrogen-bond acceptors (Lipinski definition) is 2. The summed E-state index contributed by atoms with van der Waals surface area (Å²) in [6, 6.07) is 8.41. The van der Waals surface area contributed by atoms with Crippen molar-refractivity contribution >= 4 is 5.91 Å². The summed E-state index contributed by atoms with van der Waals surface area (Å²) in [6.07, 6.45) is 4.53. The van der Waals surface area contributed by atoms with Crippen molar-refractivity contribution in [1.82, 2.24) is 9.80 Å². The van der Waals surface area contributed by atoms with Crippen molar-refractivity contribution in [1.29, 1.82) is 0 Å². The number of likely N-dealkylation sites (tertiary alicyclic amines) is 1. The summed E-state index contributed by atoms with van der Waals surface area (Å²) in [5.74, 6) is 0.513. The number of carbonyl (C=O) groups is 1. The molecule has 1 aliphatic carbocycles. The Bertz CT molecular complexity index is 615. The number of fused-ring (bicyclic) bond motifs is 2. The van der Waals surface area contributed by atoms with Crippen LogP contribution in [0.5, 0.6) is 0 Å². The molecule has 2 aliphatic heterocycles. The monoisotopic (exact) mass is 330 g/mol. The summed E-state index contributed by atoms with van der Waals surface area (Å²) < 4.78 is 13.1. The molecule has 1 saturated carbocycles. The number of benzene rings is 1. The third kappa shape index (κ3) is 2.85. The van der Waals surface area contributed by atoms with Gasteiger partial charge in [-0.05, 0) is 63.1 Å². The molecular weight excluding hydrogens is 303 g/mol. The highest BCUT2D eigenvalue weighted by Gasteiger charge is 2.47. The van der Waals surface area contributed by atoms with Crippen LogP contribution >= 0.6 is 0 Å². The number of hydrogen-bond donors (Lipinski definition) is 0. The fourth-order valence-corrected chi connectivity index (χ4v) is 4.93. The molecule has 24 heavy (non-hydrogen) atoms. The van der Waals surface area contributed by atoms with E-state index in [4.69, 9.17) is 0 Å². The Morgan fingerprint density at radius 3 is 2.54 bits per heavy atom. The van der Waals surface area contributed by atoms with Gasteiger partial charge in [-0.25, -0.2) is 4.39 Å². The number of halogens is 1. The molecule has 3 aliphatic rings. The lowest BCUT2D eigenvalue weighted by Gasteiger charge is -2.32. The summed E-state index contributed by atoms with van der Waals surface area (Å²) in [6.45, 7) is 6.33. The Kier molecular flexibility index (Phi) is 4.11. The van der Waals surface area contributed by atoms with Crippen LogP contribution in [0.3, 0.4) is 0 Å². The van der Waals surface area contributed by atoms with Crippen LogP contribution in [0.2, 0.25) is 0 Å². The van der Waals surface area contributed by atoms with E-state index in [1.165, 1.54) is 25.0 Å². The van der Waals surface area contributed by atoms with Gasteiger partial charge in [-0.2, -0.15) is 0 Å². The maximum Gasteiger partial charge on any atom is 0.226 e. The van der Waals surface area contributed by atoms with Crippen molar-refractivity contribution in [2.75, 3.05) is 13.1 Å². The second-order valence-corrected chi connectivity index (χ2v) is 8.00. The van der Waals surface area contributed by atoms with Gasteiger partial charge in [0.25, 0.3) is 0 Å². The first kappa shape index (κ1) is 16.1. The van der Waals surface area contributed by atoms with E-state index in [0.29, 0.717) is 30.0 Å². The summed E-state index contributed by atoms with van der Waals surface area (Å²) in [4.78, 5) is 17.7. The van der Waals surface area contributed by atoms with Gasteiger partial charge in [0.2, 0.25) is 5.91 Å². The van der Waals surface area contributed by atoms with E-state index in [1.54, 1.807) is 0 Å². The second kappa shape index (κ2) is 6.14. The van der Waals surface area contributed by atoms with E-state index in [1.807, 2.05) is 12.1 Å². The molecule has 130 valence electrons. The Balaban J connectivity index is 1.42. The molecule has 0 unspecified atom stereocenters. The smallest absolute Gasteiger partial charge is 0.226 e. The summed E-state index contributed by atoms with van der Waals surface area (Å²) in [7, 11) is 0. The molecule has 1 amide bonds. The van der Waals surface area contributed by atoms with Gasteiger partial charge >= 0.3 is 0 Å². The van der Waals surface area contributed by atoms with E-state index in [0.717, 1.165) is 31.5 Å². The molecule has 4 atom stereocenters. The van der Waals surface area contributed by atoms with Gasteiger partial charge in [0.15, 0.2) is 0 Å². The van der Waals surface area contributed by atoms with Gasteiger partial charge in [0.1, 0.15) is 5.82 Å². The zero-order valence-corrected chi connectivity index (χ0v) is 14.6. The molecule has 0 radical (unpaired) electrons. The maximum absolute atomic E-state index is 13.1. The second-order valence-electron chi connectivity index (χ2n) is 8.00. The Morgan fingerprint density at radius 1 is 1.12 bits per heavy atom. The third-order valence-corrected chi connectivity index (χ3v) is 6.15. The van der Waals surface area contributed by atoms with E-state index >= 15 is 0 Å². The van der Waals surface area contributed by atoms with Gasteiger partial charge in [0.05, 0.1) is 0 Å². The predicted molar refractivity (Wildman–Crippen MR) is 92.2 cm³/mol. The van der Waals surface area contributed by atoms with Crippen LogP contribution in [0, 0.1) is 11.7 Å². The Morgan fingerprint density at radius 2 is 1.83 bits per heavy atom. The minimum atomic E-state index is -0.209. The summed E-state index contributed by atoms with van der Waals surface area (Å²) >= 11 is 0. The van der Waals surface area contributed by atoms with Crippen molar-refractivity contribution in [2.24, 2.45) is 5.92 Å². The van der Waals surface area contributed by atoms with Gasteiger partial charge in [-0.1, -0.05) is 12.1 Å². The van der Waals surface area contributed by atoms with Gasteiger partial charge in [0, 0.05) is 37.1 Å². The number of amides is 1. The number of carbonyl (C=O) groups excluding carboxylic acids is 1. The van der Waals surface area contributed by atoms with Crippen molar-refractivity contribution < 1.29 is 9.18 Å². The van der Waals surface area contributed by atoms with Crippen molar-refractivity contribution in [3.8, 4) is 0 Å². The molecule has 0 spiro atoms. The SMILES string of the molecule is CC(C)N1[C@H]2CC[C@H]1CN(C(=O)[C@H]1C[C@@H]1c1ccc(F)cc1)CC2. The lowest BCUT2D eigenvalue weighted by molar-refractivity contribution is -0.133. The standard InChI is InChI=1S/C20H27FN2O/c1-13(2)23-16-7-8-17(23)12-22(10-9-16)20(24)19-11-18(19)14-3-5-15(21)6-4-14/h3-6,13,16-19H,7-12H2,1-2H3/t16-,17-,18+,19-/m0/s1.